The number of aromatic nitrogens is 5. The zero-order valence-corrected chi connectivity index (χ0v) is 15.6. The zero-order chi connectivity index (χ0) is 20.5. The topological polar surface area (TPSA) is 138 Å². The molecule has 11 heteroatoms. The molecule has 0 fully saturated rings. The van der Waals surface area contributed by atoms with E-state index < -0.39 is 11.2 Å². The summed E-state index contributed by atoms with van der Waals surface area (Å²) in [6.45, 7) is 0. The maximum atomic E-state index is 12.3. The Balaban J connectivity index is 1.47. The number of anilines is 1. The van der Waals surface area contributed by atoms with Crippen molar-refractivity contribution in [1.29, 1.82) is 0 Å². The Morgan fingerprint density at radius 1 is 1.24 bits per heavy atom. The lowest BCUT2D eigenvalue weighted by atomic mass is 10.2. The Morgan fingerprint density at radius 3 is 2.83 bits per heavy atom. The Bertz CT molecular complexity index is 1320. The summed E-state index contributed by atoms with van der Waals surface area (Å²) >= 11 is 0. The summed E-state index contributed by atoms with van der Waals surface area (Å²) < 4.78 is 12.6. The third kappa shape index (κ3) is 3.45. The molecule has 0 aromatic carbocycles. The van der Waals surface area contributed by atoms with Gasteiger partial charge in [0.15, 0.2) is 5.76 Å². The van der Waals surface area contributed by atoms with Gasteiger partial charge in [-0.15, -0.1) is 0 Å². The van der Waals surface area contributed by atoms with Crippen LogP contribution in [0.1, 0.15) is 12.3 Å². The number of nitrogens with one attached hydrogen (secondary N) is 1. The van der Waals surface area contributed by atoms with Crippen molar-refractivity contribution in [3.63, 3.8) is 0 Å². The molecule has 11 nitrogen and oxygen atoms in total. The summed E-state index contributed by atoms with van der Waals surface area (Å²) in [5.74, 6) is 0.769. The summed E-state index contributed by atoms with van der Waals surface area (Å²) in [4.78, 5) is 44.8. The molecule has 1 amide bonds. The summed E-state index contributed by atoms with van der Waals surface area (Å²) in [5.41, 5.74) is -0.365. The maximum absolute atomic E-state index is 12.3. The summed E-state index contributed by atoms with van der Waals surface area (Å²) in [5, 5.41) is 6.70. The molecule has 0 aliphatic rings. The van der Waals surface area contributed by atoms with Crippen LogP contribution in [0.25, 0.3) is 22.6 Å². The van der Waals surface area contributed by atoms with E-state index in [1.807, 2.05) is 0 Å². The number of rotatable bonds is 5. The second-order valence-corrected chi connectivity index (χ2v) is 6.34. The maximum Gasteiger partial charge on any atom is 0.332 e. The first kappa shape index (κ1) is 18.3. The summed E-state index contributed by atoms with van der Waals surface area (Å²) in [6.07, 6.45) is 3.21. The second kappa shape index (κ2) is 7.19. The van der Waals surface area contributed by atoms with Crippen LogP contribution in [0.3, 0.4) is 0 Å². The van der Waals surface area contributed by atoms with Crippen molar-refractivity contribution in [3.8, 4) is 11.6 Å². The van der Waals surface area contributed by atoms with E-state index in [-0.39, 0.29) is 29.8 Å². The van der Waals surface area contributed by atoms with Crippen LogP contribution >= 0.6 is 0 Å². The average molecular weight is 396 g/mol. The molecule has 0 atom stereocenters. The molecule has 0 unspecified atom stereocenters. The molecule has 0 aliphatic carbocycles. The first-order valence-corrected chi connectivity index (χ1v) is 8.66. The number of fused-ring (bicyclic) bond motifs is 1. The highest BCUT2D eigenvalue weighted by atomic mass is 16.5. The van der Waals surface area contributed by atoms with Crippen LogP contribution < -0.4 is 16.6 Å². The van der Waals surface area contributed by atoms with Crippen molar-refractivity contribution in [3.05, 3.63) is 57.4 Å². The lowest BCUT2D eigenvalue weighted by Crippen LogP contribution is -2.37. The van der Waals surface area contributed by atoms with Gasteiger partial charge in [-0.25, -0.2) is 9.78 Å². The van der Waals surface area contributed by atoms with Gasteiger partial charge in [-0.1, -0.05) is 5.16 Å². The lowest BCUT2D eigenvalue weighted by Gasteiger charge is -2.08. The highest BCUT2D eigenvalue weighted by Crippen LogP contribution is 2.17. The fourth-order valence-electron chi connectivity index (χ4n) is 2.84. The van der Waals surface area contributed by atoms with Crippen LogP contribution in [0.4, 0.5) is 5.69 Å². The van der Waals surface area contributed by atoms with Gasteiger partial charge in [0.1, 0.15) is 5.65 Å². The van der Waals surface area contributed by atoms with Gasteiger partial charge < -0.3 is 14.3 Å². The molecule has 0 radical (unpaired) electrons. The van der Waals surface area contributed by atoms with Crippen LogP contribution in [0.5, 0.6) is 0 Å². The fraction of sp³-hybridized carbons (Fsp3) is 0.222. The molecule has 4 heterocycles. The third-order valence-electron chi connectivity index (χ3n) is 4.35. The van der Waals surface area contributed by atoms with Crippen molar-refractivity contribution >= 4 is 22.6 Å². The number of carbonyl (C=O) groups is 1. The van der Waals surface area contributed by atoms with E-state index in [1.165, 1.54) is 37.2 Å². The SMILES string of the molecule is Cn1c(=O)c2cc(NC(=O)CCc3nc(-c4ccco4)no3)cnc2n(C)c1=O. The minimum absolute atomic E-state index is 0.0864. The molecule has 0 saturated heterocycles. The third-order valence-corrected chi connectivity index (χ3v) is 4.35. The van der Waals surface area contributed by atoms with Crippen molar-refractivity contribution in [1.82, 2.24) is 24.3 Å². The van der Waals surface area contributed by atoms with Crippen molar-refractivity contribution in [2.24, 2.45) is 14.1 Å². The fourth-order valence-corrected chi connectivity index (χ4v) is 2.84. The second-order valence-electron chi connectivity index (χ2n) is 6.34. The van der Waals surface area contributed by atoms with Gasteiger partial charge in [-0.3, -0.25) is 18.7 Å². The number of pyridine rings is 1. The van der Waals surface area contributed by atoms with E-state index in [2.05, 4.69) is 20.4 Å². The van der Waals surface area contributed by atoms with E-state index in [1.54, 1.807) is 12.1 Å². The minimum Gasteiger partial charge on any atom is -0.461 e. The Labute approximate surface area is 162 Å². The number of hydrogen-bond donors (Lipinski definition) is 1. The van der Waals surface area contributed by atoms with Crippen LogP contribution in [-0.4, -0.2) is 30.2 Å². The Hall–Kier alpha value is -4.02. The molecule has 4 rings (SSSR count). The number of aryl methyl sites for hydroxylation is 2. The summed E-state index contributed by atoms with van der Waals surface area (Å²) in [7, 11) is 2.91. The number of carbonyl (C=O) groups excluding carboxylic acids is 1. The van der Waals surface area contributed by atoms with Gasteiger partial charge in [-0.2, -0.15) is 4.98 Å². The molecular weight excluding hydrogens is 380 g/mol. The predicted molar refractivity (Wildman–Crippen MR) is 101 cm³/mol. The first-order chi connectivity index (χ1) is 13.9. The molecule has 0 bridgehead atoms. The highest BCUT2D eigenvalue weighted by Gasteiger charge is 2.14. The van der Waals surface area contributed by atoms with Gasteiger partial charge in [0, 0.05) is 26.9 Å². The molecule has 29 heavy (non-hydrogen) atoms. The van der Waals surface area contributed by atoms with Crippen molar-refractivity contribution in [2.75, 3.05) is 5.32 Å². The molecule has 0 spiro atoms. The predicted octanol–water partition coefficient (Wildman–Crippen LogP) is 0.846. The van der Waals surface area contributed by atoms with E-state index in [0.29, 0.717) is 23.2 Å². The quantitative estimate of drug-likeness (QED) is 0.524. The standard InChI is InChI=1S/C18H16N6O5/c1-23-16-11(17(26)24(2)18(23)27)8-10(9-19-16)20-13(25)5-6-14-21-15(22-29-14)12-4-3-7-28-12/h3-4,7-9H,5-6H2,1-2H3,(H,20,25). The van der Waals surface area contributed by atoms with Crippen LogP contribution in [0.2, 0.25) is 0 Å². The molecule has 0 aliphatic heterocycles. The minimum atomic E-state index is -0.483. The number of hydrogen-bond acceptors (Lipinski definition) is 8. The van der Waals surface area contributed by atoms with E-state index in [0.717, 1.165) is 4.57 Å². The Morgan fingerprint density at radius 2 is 2.07 bits per heavy atom. The molecule has 4 aromatic heterocycles. The molecule has 1 N–H and O–H groups in total. The first-order valence-electron chi connectivity index (χ1n) is 8.66. The van der Waals surface area contributed by atoms with Gasteiger partial charge in [0.05, 0.1) is 23.5 Å². The molecule has 4 aromatic rings. The van der Waals surface area contributed by atoms with Gasteiger partial charge in [-0.05, 0) is 18.2 Å². The zero-order valence-electron chi connectivity index (χ0n) is 15.6. The highest BCUT2D eigenvalue weighted by molar-refractivity contribution is 5.92. The molecule has 148 valence electrons. The van der Waals surface area contributed by atoms with E-state index in [9.17, 15) is 14.4 Å². The largest absolute Gasteiger partial charge is 0.461 e. The van der Waals surface area contributed by atoms with E-state index >= 15 is 0 Å². The number of amides is 1. The van der Waals surface area contributed by atoms with Gasteiger partial charge in [0.2, 0.25) is 17.6 Å². The van der Waals surface area contributed by atoms with Crippen LogP contribution in [0.15, 0.2) is 49.2 Å². The average Bonchev–Trinajstić information content (AvgIpc) is 3.40. The molecular formula is C18H16N6O5. The Kier molecular flexibility index (Phi) is 4.55. The summed E-state index contributed by atoms with van der Waals surface area (Å²) in [6, 6.07) is 4.90. The van der Waals surface area contributed by atoms with Gasteiger partial charge in [0.25, 0.3) is 5.56 Å². The van der Waals surface area contributed by atoms with Gasteiger partial charge >= 0.3 is 5.69 Å². The number of furan rings is 1. The van der Waals surface area contributed by atoms with Crippen LogP contribution in [0, 0.1) is 0 Å². The number of nitrogens with zero attached hydrogens (tertiary/aromatic N) is 5. The normalized spacial score (nSPS) is 11.1. The van der Waals surface area contributed by atoms with E-state index in [4.69, 9.17) is 8.94 Å². The van der Waals surface area contributed by atoms with Crippen LogP contribution in [-0.2, 0) is 25.3 Å². The monoisotopic (exact) mass is 396 g/mol. The molecule has 0 saturated carbocycles. The smallest absolute Gasteiger partial charge is 0.332 e. The van der Waals surface area contributed by atoms with Crippen molar-refractivity contribution < 1.29 is 13.7 Å². The lowest BCUT2D eigenvalue weighted by molar-refractivity contribution is -0.116. The van der Waals surface area contributed by atoms with Crippen molar-refractivity contribution in [2.45, 2.75) is 12.8 Å².